The van der Waals surface area contributed by atoms with Crippen LogP contribution >= 0.6 is 0 Å². The normalized spacial score (nSPS) is 13.9. The Bertz CT molecular complexity index is 764. The number of hydrogen-bond acceptors (Lipinski definition) is 4. The molecule has 1 aromatic heterocycles. The number of aromatic nitrogens is 2. The van der Waals surface area contributed by atoms with E-state index < -0.39 is 11.9 Å². The lowest BCUT2D eigenvalue weighted by atomic mass is 10.2. The summed E-state index contributed by atoms with van der Waals surface area (Å²) in [6.07, 6.45) is 3.07. The number of nitrogens with one attached hydrogen (secondary N) is 2. The van der Waals surface area contributed by atoms with Crippen molar-refractivity contribution in [1.29, 1.82) is 0 Å². The highest BCUT2D eigenvalue weighted by molar-refractivity contribution is 5.94. The number of hydrogen-bond donors (Lipinski definition) is 2. The Hall–Kier alpha value is -2.70. The molecule has 1 fully saturated rings. The summed E-state index contributed by atoms with van der Waals surface area (Å²) in [4.78, 5) is 35.0. The van der Waals surface area contributed by atoms with E-state index >= 15 is 0 Å². The van der Waals surface area contributed by atoms with Gasteiger partial charge in [-0.05, 0) is 25.0 Å². The van der Waals surface area contributed by atoms with E-state index in [1.165, 1.54) is 10.9 Å². The lowest BCUT2D eigenvalue weighted by Crippen LogP contribution is -2.42. The Morgan fingerprint density at radius 3 is 2.81 bits per heavy atom. The second-order valence-electron chi connectivity index (χ2n) is 4.98. The van der Waals surface area contributed by atoms with E-state index in [0.717, 1.165) is 12.8 Å². The molecule has 1 aliphatic rings. The Kier molecular flexibility index (Phi) is 3.39. The van der Waals surface area contributed by atoms with Gasteiger partial charge in [-0.3, -0.25) is 19.6 Å². The quantitative estimate of drug-likeness (QED) is 0.853. The van der Waals surface area contributed by atoms with Gasteiger partial charge in [-0.2, -0.15) is 5.10 Å². The first-order valence-corrected chi connectivity index (χ1v) is 6.69. The van der Waals surface area contributed by atoms with Gasteiger partial charge in [0.2, 0.25) is 11.3 Å². The number of urea groups is 1. The summed E-state index contributed by atoms with van der Waals surface area (Å²) in [7, 11) is 0. The van der Waals surface area contributed by atoms with E-state index in [1.54, 1.807) is 24.3 Å². The Morgan fingerprint density at radius 1 is 1.29 bits per heavy atom. The lowest BCUT2D eigenvalue weighted by molar-refractivity contribution is -0.120. The smallest absolute Gasteiger partial charge is 0.321 e. The molecule has 0 saturated heterocycles. The van der Waals surface area contributed by atoms with Gasteiger partial charge in [0.25, 0.3) is 0 Å². The fraction of sp³-hybridized carbons (Fsp3) is 0.286. The second-order valence-corrected chi connectivity index (χ2v) is 4.98. The van der Waals surface area contributed by atoms with Crippen LogP contribution in [-0.2, 0) is 11.3 Å². The van der Waals surface area contributed by atoms with Crippen LogP contribution in [0.25, 0.3) is 10.9 Å². The van der Waals surface area contributed by atoms with Gasteiger partial charge >= 0.3 is 6.03 Å². The molecule has 0 unspecified atom stereocenters. The number of nitrogens with zero attached hydrogens (tertiary/aromatic N) is 2. The predicted molar refractivity (Wildman–Crippen MR) is 75.7 cm³/mol. The van der Waals surface area contributed by atoms with Crippen LogP contribution in [0.1, 0.15) is 12.8 Å². The largest absolute Gasteiger partial charge is 0.335 e. The molecule has 0 radical (unpaired) electrons. The van der Waals surface area contributed by atoms with Crippen LogP contribution in [0.5, 0.6) is 0 Å². The number of rotatable bonds is 3. The van der Waals surface area contributed by atoms with Gasteiger partial charge < -0.3 is 5.32 Å². The first-order valence-electron chi connectivity index (χ1n) is 6.69. The highest BCUT2D eigenvalue weighted by Crippen LogP contribution is 2.18. The van der Waals surface area contributed by atoms with Gasteiger partial charge in [-0.1, -0.05) is 12.1 Å². The number of para-hydroxylation sites is 1. The van der Waals surface area contributed by atoms with E-state index in [0.29, 0.717) is 10.9 Å². The Balaban J connectivity index is 1.75. The number of carbonyl (C=O) groups excluding carboxylic acids is 2. The van der Waals surface area contributed by atoms with E-state index in [2.05, 4.69) is 15.7 Å². The fourth-order valence-electron chi connectivity index (χ4n) is 2.04. The van der Waals surface area contributed by atoms with Crippen LogP contribution < -0.4 is 16.1 Å². The zero-order chi connectivity index (χ0) is 14.8. The predicted octanol–water partition coefficient (Wildman–Crippen LogP) is 0.385. The lowest BCUT2D eigenvalue weighted by Gasteiger charge is -2.09. The van der Waals surface area contributed by atoms with Crippen molar-refractivity contribution in [3.63, 3.8) is 0 Å². The maximum Gasteiger partial charge on any atom is 0.321 e. The molecule has 0 spiro atoms. The van der Waals surface area contributed by atoms with Crippen LogP contribution in [0.2, 0.25) is 0 Å². The fourth-order valence-corrected chi connectivity index (χ4v) is 2.04. The highest BCUT2D eigenvalue weighted by Gasteiger charge is 2.24. The molecule has 0 aliphatic heterocycles. The van der Waals surface area contributed by atoms with Crippen LogP contribution in [-0.4, -0.2) is 27.8 Å². The van der Waals surface area contributed by atoms with Crippen molar-refractivity contribution in [3.8, 4) is 0 Å². The third kappa shape index (κ3) is 3.07. The van der Waals surface area contributed by atoms with E-state index in [1.807, 2.05) is 0 Å². The summed E-state index contributed by atoms with van der Waals surface area (Å²) in [6, 6.07) is 6.58. The molecule has 7 nitrogen and oxygen atoms in total. The molecule has 1 aliphatic carbocycles. The van der Waals surface area contributed by atoms with E-state index in [4.69, 9.17) is 0 Å². The van der Waals surface area contributed by atoms with Crippen molar-refractivity contribution in [3.05, 3.63) is 40.7 Å². The standard InChI is InChI=1S/C14H14N4O3/c19-12-7-15-18(11-4-2-1-3-10(11)12)8-13(20)17-14(21)16-9-5-6-9/h1-4,7,9H,5-6,8H2,(H2,16,17,20,21). The number of fused-ring (bicyclic) bond motifs is 1. The average Bonchev–Trinajstić information content (AvgIpc) is 3.26. The maximum absolute atomic E-state index is 11.8. The molecule has 0 bridgehead atoms. The van der Waals surface area contributed by atoms with Gasteiger partial charge in [0, 0.05) is 11.4 Å². The SMILES string of the molecule is O=C(Cn1ncc(=O)c2ccccc21)NC(=O)NC1CC1. The first kappa shape index (κ1) is 13.3. The molecule has 3 amide bonds. The van der Waals surface area contributed by atoms with Crippen molar-refractivity contribution in [2.24, 2.45) is 0 Å². The summed E-state index contributed by atoms with van der Waals surface area (Å²) < 4.78 is 1.40. The molecule has 2 N–H and O–H groups in total. The van der Waals surface area contributed by atoms with E-state index in [9.17, 15) is 14.4 Å². The number of carbonyl (C=O) groups is 2. The van der Waals surface area contributed by atoms with Crippen LogP contribution in [0.3, 0.4) is 0 Å². The Morgan fingerprint density at radius 2 is 2.05 bits per heavy atom. The molecular formula is C14H14N4O3. The van der Waals surface area contributed by atoms with Crippen molar-refractivity contribution in [2.45, 2.75) is 25.4 Å². The van der Waals surface area contributed by atoms with Gasteiger partial charge in [-0.15, -0.1) is 0 Å². The van der Waals surface area contributed by atoms with Crippen LogP contribution in [0.4, 0.5) is 4.79 Å². The minimum atomic E-state index is -0.493. The third-order valence-corrected chi connectivity index (χ3v) is 3.22. The minimum Gasteiger partial charge on any atom is -0.335 e. The number of amides is 3. The molecule has 1 heterocycles. The molecule has 7 heteroatoms. The van der Waals surface area contributed by atoms with Gasteiger partial charge in [0.1, 0.15) is 6.54 Å². The minimum absolute atomic E-state index is 0.126. The molecular weight excluding hydrogens is 272 g/mol. The monoisotopic (exact) mass is 286 g/mol. The molecule has 108 valence electrons. The summed E-state index contributed by atoms with van der Waals surface area (Å²) in [5.74, 6) is -0.477. The topological polar surface area (TPSA) is 93.1 Å². The van der Waals surface area contributed by atoms with Gasteiger partial charge in [-0.25, -0.2) is 4.79 Å². The van der Waals surface area contributed by atoms with Crippen molar-refractivity contribution in [1.82, 2.24) is 20.4 Å². The van der Waals surface area contributed by atoms with E-state index in [-0.39, 0.29) is 18.0 Å². The van der Waals surface area contributed by atoms with Crippen molar-refractivity contribution in [2.75, 3.05) is 0 Å². The van der Waals surface area contributed by atoms with Crippen molar-refractivity contribution < 1.29 is 9.59 Å². The molecule has 1 saturated carbocycles. The van der Waals surface area contributed by atoms with Crippen LogP contribution in [0.15, 0.2) is 35.3 Å². The average molecular weight is 286 g/mol. The maximum atomic E-state index is 11.8. The molecule has 21 heavy (non-hydrogen) atoms. The Labute approximate surface area is 119 Å². The summed E-state index contributed by atoms with van der Waals surface area (Å²) in [5.41, 5.74) is 0.358. The third-order valence-electron chi connectivity index (χ3n) is 3.22. The van der Waals surface area contributed by atoms with Gasteiger partial charge in [0.15, 0.2) is 0 Å². The molecule has 1 aromatic carbocycles. The number of benzene rings is 1. The number of imide groups is 1. The summed E-state index contributed by atoms with van der Waals surface area (Å²) in [5, 5.41) is 9.34. The van der Waals surface area contributed by atoms with Gasteiger partial charge in [0.05, 0.1) is 11.7 Å². The molecule has 3 rings (SSSR count). The first-order chi connectivity index (χ1) is 10.1. The van der Waals surface area contributed by atoms with Crippen molar-refractivity contribution >= 4 is 22.8 Å². The molecule has 2 aromatic rings. The zero-order valence-corrected chi connectivity index (χ0v) is 11.2. The highest BCUT2D eigenvalue weighted by atomic mass is 16.2. The van der Waals surface area contributed by atoms with Crippen LogP contribution in [0, 0.1) is 0 Å². The second kappa shape index (κ2) is 5.35. The summed E-state index contributed by atoms with van der Waals surface area (Å²) in [6.45, 7) is -0.126. The zero-order valence-electron chi connectivity index (χ0n) is 11.2. The summed E-state index contributed by atoms with van der Waals surface area (Å²) >= 11 is 0. The molecule has 0 atom stereocenters.